The summed E-state index contributed by atoms with van der Waals surface area (Å²) in [6.45, 7) is 5.73. The summed E-state index contributed by atoms with van der Waals surface area (Å²) in [5, 5.41) is 11.4. The van der Waals surface area contributed by atoms with E-state index < -0.39 is 0 Å². The highest BCUT2D eigenvalue weighted by Gasteiger charge is 2.14. The van der Waals surface area contributed by atoms with Gasteiger partial charge < -0.3 is 10.2 Å². The van der Waals surface area contributed by atoms with Crippen LogP contribution in [0.1, 0.15) is 31.4 Å². The molecule has 8 nitrogen and oxygen atoms in total. The molecular formula is C15H25N7O. The maximum atomic E-state index is 12.1. The molecule has 0 saturated carbocycles. The minimum Gasteiger partial charge on any atom is -0.309 e. The zero-order valence-corrected chi connectivity index (χ0v) is 14.4. The Kier molecular flexibility index (Phi) is 5.49. The SMILES string of the molecule is CC(C)c1nc(CC(=O)Nc2ccn(CCN(C)C)n2)n(C)n1. The molecule has 0 fully saturated rings. The Morgan fingerprint density at radius 1 is 1.35 bits per heavy atom. The normalized spacial score (nSPS) is 11.4. The Morgan fingerprint density at radius 3 is 2.70 bits per heavy atom. The van der Waals surface area contributed by atoms with Gasteiger partial charge in [-0.05, 0) is 14.1 Å². The Morgan fingerprint density at radius 2 is 2.09 bits per heavy atom. The van der Waals surface area contributed by atoms with E-state index in [1.165, 1.54) is 0 Å². The van der Waals surface area contributed by atoms with Crippen LogP contribution in [0.5, 0.6) is 0 Å². The van der Waals surface area contributed by atoms with Gasteiger partial charge in [-0.1, -0.05) is 13.8 Å². The van der Waals surface area contributed by atoms with E-state index in [4.69, 9.17) is 0 Å². The van der Waals surface area contributed by atoms with Crippen LogP contribution in [0, 0.1) is 0 Å². The second-order valence-electron chi connectivity index (χ2n) is 6.16. The van der Waals surface area contributed by atoms with E-state index in [2.05, 4.69) is 25.4 Å². The quantitative estimate of drug-likeness (QED) is 0.819. The molecule has 0 radical (unpaired) electrons. The van der Waals surface area contributed by atoms with Crippen molar-refractivity contribution in [3.8, 4) is 0 Å². The topological polar surface area (TPSA) is 80.9 Å². The van der Waals surface area contributed by atoms with Crippen molar-refractivity contribution in [2.75, 3.05) is 26.0 Å². The van der Waals surface area contributed by atoms with E-state index in [0.717, 1.165) is 18.9 Å². The van der Waals surface area contributed by atoms with Crippen molar-refractivity contribution in [3.63, 3.8) is 0 Å². The second-order valence-corrected chi connectivity index (χ2v) is 6.16. The molecule has 0 atom stereocenters. The summed E-state index contributed by atoms with van der Waals surface area (Å²) in [4.78, 5) is 18.6. The fraction of sp³-hybridized carbons (Fsp3) is 0.600. The van der Waals surface area contributed by atoms with Gasteiger partial charge in [-0.2, -0.15) is 10.2 Å². The lowest BCUT2D eigenvalue weighted by atomic mass is 10.2. The van der Waals surface area contributed by atoms with Gasteiger partial charge in [0.05, 0.1) is 13.0 Å². The molecule has 0 aliphatic heterocycles. The Balaban J connectivity index is 1.92. The van der Waals surface area contributed by atoms with Gasteiger partial charge in [0.1, 0.15) is 5.82 Å². The molecule has 2 rings (SSSR count). The second kappa shape index (κ2) is 7.36. The van der Waals surface area contributed by atoms with E-state index in [1.807, 2.05) is 38.8 Å². The van der Waals surface area contributed by atoms with Crippen LogP contribution in [-0.2, 0) is 24.8 Å². The zero-order chi connectivity index (χ0) is 17.0. The summed E-state index contributed by atoms with van der Waals surface area (Å²) < 4.78 is 3.47. The van der Waals surface area contributed by atoms with Gasteiger partial charge in [-0.15, -0.1) is 0 Å². The van der Waals surface area contributed by atoms with Crippen LogP contribution < -0.4 is 5.32 Å². The molecule has 2 heterocycles. The standard InChI is InChI=1S/C15H25N7O/c1-11(2)15-17-13(21(5)19-15)10-14(23)16-12-6-7-22(18-12)9-8-20(3)4/h6-7,11H,8-10H2,1-5H3,(H,16,18,23). The first-order valence-electron chi connectivity index (χ1n) is 7.73. The summed E-state index contributed by atoms with van der Waals surface area (Å²) >= 11 is 0. The molecule has 0 saturated heterocycles. The molecule has 0 bridgehead atoms. The highest BCUT2D eigenvalue weighted by atomic mass is 16.1. The van der Waals surface area contributed by atoms with Crippen LogP contribution in [0.3, 0.4) is 0 Å². The zero-order valence-electron chi connectivity index (χ0n) is 14.4. The van der Waals surface area contributed by atoms with Crippen molar-refractivity contribution in [1.29, 1.82) is 0 Å². The van der Waals surface area contributed by atoms with Crippen LogP contribution in [0.2, 0.25) is 0 Å². The van der Waals surface area contributed by atoms with Crippen molar-refractivity contribution in [2.24, 2.45) is 7.05 Å². The summed E-state index contributed by atoms with van der Waals surface area (Å²) in [6.07, 6.45) is 2.04. The number of likely N-dealkylation sites (N-methyl/N-ethyl adjacent to an activating group) is 1. The van der Waals surface area contributed by atoms with Gasteiger partial charge >= 0.3 is 0 Å². The van der Waals surface area contributed by atoms with E-state index >= 15 is 0 Å². The maximum Gasteiger partial charge on any atom is 0.233 e. The predicted octanol–water partition coefficient (Wildman–Crippen LogP) is 0.878. The third-order valence-corrected chi connectivity index (χ3v) is 3.39. The van der Waals surface area contributed by atoms with Crippen LogP contribution in [-0.4, -0.2) is 56.0 Å². The monoisotopic (exact) mass is 319 g/mol. The Labute approximate surface area is 136 Å². The summed E-state index contributed by atoms with van der Waals surface area (Å²) in [7, 11) is 5.83. The number of nitrogens with zero attached hydrogens (tertiary/aromatic N) is 6. The third kappa shape index (κ3) is 4.88. The summed E-state index contributed by atoms with van der Waals surface area (Å²) in [6, 6.07) is 1.80. The lowest BCUT2D eigenvalue weighted by molar-refractivity contribution is -0.115. The van der Waals surface area contributed by atoms with Crippen LogP contribution in [0.4, 0.5) is 5.82 Å². The molecule has 23 heavy (non-hydrogen) atoms. The first-order valence-corrected chi connectivity index (χ1v) is 7.73. The third-order valence-electron chi connectivity index (χ3n) is 3.39. The molecule has 8 heteroatoms. The Hall–Kier alpha value is -2.22. The largest absolute Gasteiger partial charge is 0.309 e. The summed E-state index contributed by atoms with van der Waals surface area (Å²) in [5.74, 6) is 2.06. The number of rotatable bonds is 7. The van der Waals surface area contributed by atoms with Gasteiger partial charge in [0.2, 0.25) is 5.91 Å². The molecule has 0 spiro atoms. The van der Waals surface area contributed by atoms with Crippen molar-refractivity contribution < 1.29 is 4.79 Å². The molecular weight excluding hydrogens is 294 g/mol. The fourth-order valence-electron chi connectivity index (χ4n) is 2.02. The van der Waals surface area contributed by atoms with Gasteiger partial charge in [0, 0.05) is 31.8 Å². The van der Waals surface area contributed by atoms with E-state index in [0.29, 0.717) is 11.6 Å². The van der Waals surface area contributed by atoms with Crippen molar-refractivity contribution >= 4 is 11.7 Å². The van der Waals surface area contributed by atoms with Crippen molar-refractivity contribution in [2.45, 2.75) is 32.7 Å². The first kappa shape index (κ1) is 17.1. The number of aryl methyl sites for hydroxylation is 1. The Bertz CT molecular complexity index is 657. The minimum atomic E-state index is -0.145. The maximum absolute atomic E-state index is 12.1. The first-order chi connectivity index (χ1) is 10.8. The molecule has 1 N–H and O–H groups in total. The van der Waals surface area contributed by atoms with Gasteiger partial charge in [-0.3, -0.25) is 14.2 Å². The number of aromatic nitrogens is 5. The fourth-order valence-corrected chi connectivity index (χ4v) is 2.02. The molecule has 0 aromatic carbocycles. The number of carbonyl (C=O) groups excluding carboxylic acids is 1. The van der Waals surface area contributed by atoms with Crippen LogP contribution >= 0.6 is 0 Å². The molecule has 0 unspecified atom stereocenters. The lowest BCUT2D eigenvalue weighted by Crippen LogP contribution is -2.19. The number of nitrogens with one attached hydrogen (secondary N) is 1. The molecule has 0 aliphatic rings. The van der Waals surface area contributed by atoms with Crippen LogP contribution in [0.15, 0.2) is 12.3 Å². The predicted molar refractivity (Wildman–Crippen MR) is 88.2 cm³/mol. The van der Waals surface area contributed by atoms with E-state index in [1.54, 1.807) is 17.8 Å². The van der Waals surface area contributed by atoms with Crippen molar-refractivity contribution in [3.05, 3.63) is 23.9 Å². The number of hydrogen-bond acceptors (Lipinski definition) is 5. The minimum absolute atomic E-state index is 0.145. The molecule has 126 valence electrons. The number of carbonyl (C=O) groups is 1. The molecule has 2 aromatic heterocycles. The number of hydrogen-bond donors (Lipinski definition) is 1. The number of anilines is 1. The smallest absolute Gasteiger partial charge is 0.233 e. The van der Waals surface area contributed by atoms with Gasteiger partial charge in [0.25, 0.3) is 0 Å². The molecule has 2 aromatic rings. The molecule has 1 amide bonds. The van der Waals surface area contributed by atoms with E-state index in [-0.39, 0.29) is 18.2 Å². The average molecular weight is 319 g/mol. The highest BCUT2D eigenvalue weighted by Crippen LogP contribution is 2.10. The molecule has 0 aliphatic carbocycles. The highest BCUT2D eigenvalue weighted by molar-refractivity contribution is 5.90. The van der Waals surface area contributed by atoms with Crippen molar-refractivity contribution in [1.82, 2.24) is 29.4 Å². The van der Waals surface area contributed by atoms with Crippen LogP contribution in [0.25, 0.3) is 0 Å². The number of amides is 1. The average Bonchev–Trinajstić information content (AvgIpc) is 3.04. The van der Waals surface area contributed by atoms with Gasteiger partial charge in [-0.25, -0.2) is 4.98 Å². The van der Waals surface area contributed by atoms with E-state index in [9.17, 15) is 4.79 Å². The summed E-state index contributed by atoms with van der Waals surface area (Å²) in [5.41, 5.74) is 0. The lowest BCUT2D eigenvalue weighted by Gasteiger charge is -2.08. The van der Waals surface area contributed by atoms with Gasteiger partial charge in [0.15, 0.2) is 11.6 Å².